The van der Waals surface area contributed by atoms with Gasteiger partial charge in [0.05, 0.1) is 12.1 Å². The van der Waals surface area contributed by atoms with Crippen LogP contribution in [0.2, 0.25) is 0 Å². The second-order valence-corrected chi connectivity index (χ2v) is 6.53. The lowest BCUT2D eigenvalue weighted by Gasteiger charge is -2.31. The first-order valence-electron chi connectivity index (χ1n) is 6.82. The summed E-state index contributed by atoms with van der Waals surface area (Å²) in [5.74, 6) is 6.93. The third kappa shape index (κ3) is 3.56. The fraction of sp³-hybridized carbons (Fsp3) is 0.438. The molecular formula is C16H20N2OS. The number of hydrogen-bond acceptors (Lipinski definition) is 3. The van der Waals surface area contributed by atoms with Crippen LogP contribution in [0.1, 0.15) is 28.4 Å². The number of rotatable bonds is 1. The number of nitrogens with two attached hydrogens (primary N) is 1. The Morgan fingerprint density at radius 3 is 3.05 bits per heavy atom. The third-order valence-corrected chi connectivity index (χ3v) is 4.40. The number of amides is 1. The minimum atomic E-state index is 0.0853. The molecular weight excluding hydrogens is 268 g/mol. The molecule has 2 rings (SSSR count). The first kappa shape index (κ1) is 15.0. The Bertz CT molecular complexity index is 559. The van der Waals surface area contributed by atoms with Gasteiger partial charge < -0.3 is 10.6 Å². The zero-order valence-electron chi connectivity index (χ0n) is 12.0. The monoisotopic (exact) mass is 288 g/mol. The number of aryl methyl sites for hydroxylation is 1. The number of carbonyl (C=O) groups is 1. The van der Waals surface area contributed by atoms with Gasteiger partial charge in [-0.15, -0.1) is 0 Å². The molecule has 4 heteroatoms. The van der Waals surface area contributed by atoms with Gasteiger partial charge in [0.2, 0.25) is 0 Å². The van der Waals surface area contributed by atoms with Crippen LogP contribution in [0.5, 0.6) is 0 Å². The van der Waals surface area contributed by atoms with Gasteiger partial charge in [-0.25, -0.2) is 0 Å². The molecule has 1 aromatic rings. The van der Waals surface area contributed by atoms with E-state index in [0.29, 0.717) is 17.4 Å². The molecule has 1 saturated heterocycles. The van der Waals surface area contributed by atoms with Crippen molar-refractivity contribution in [1.29, 1.82) is 0 Å². The Morgan fingerprint density at radius 1 is 1.55 bits per heavy atom. The molecule has 1 fully saturated rings. The zero-order chi connectivity index (χ0) is 14.5. The zero-order valence-corrected chi connectivity index (χ0v) is 12.8. The van der Waals surface area contributed by atoms with Crippen LogP contribution in [0, 0.1) is 18.8 Å². The molecule has 0 spiro atoms. The van der Waals surface area contributed by atoms with E-state index >= 15 is 0 Å². The van der Waals surface area contributed by atoms with Crippen molar-refractivity contribution in [3.05, 3.63) is 34.9 Å². The van der Waals surface area contributed by atoms with Gasteiger partial charge in [-0.1, -0.05) is 30.4 Å². The maximum Gasteiger partial charge on any atom is 0.255 e. The van der Waals surface area contributed by atoms with E-state index in [-0.39, 0.29) is 5.91 Å². The molecule has 106 valence electrons. The number of thioether (sulfide) groups is 1. The van der Waals surface area contributed by atoms with Crippen molar-refractivity contribution in [2.75, 3.05) is 25.4 Å². The lowest BCUT2D eigenvalue weighted by molar-refractivity contribution is 0.0763. The highest BCUT2D eigenvalue weighted by molar-refractivity contribution is 7.99. The van der Waals surface area contributed by atoms with Gasteiger partial charge in [-0.2, -0.15) is 11.8 Å². The van der Waals surface area contributed by atoms with Crippen LogP contribution in [0.15, 0.2) is 18.2 Å². The molecule has 0 aliphatic carbocycles. The summed E-state index contributed by atoms with van der Waals surface area (Å²) in [6, 6.07) is 5.81. The predicted molar refractivity (Wildman–Crippen MR) is 84.9 cm³/mol. The van der Waals surface area contributed by atoms with E-state index in [4.69, 9.17) is 5.73 Å². The molecule has 3 nitrogen and oxygen atoms in total. The largest absolute Gasteiger partial charge is 0.337 e. The van der Waals surface area contributed by atoms with Crippen molar-refractivity contribution in [2.24, 2.45) is 5.73 Å². The average molecular weight is 288 g/mol. The molecule has 0 radical (unpaired) electrons. The number of benzene rings is 1. The SMILES string of the molecule is Cc1ccc(C#CCN)c(C(=O)N2CCSC(C)C2)c1. The predicted octanol–water partition coefficient (Wildman–Crippen LogP) is 1.88. The molecule has 1 unspecified atom stereocenters. The van der Waals surface area contributed by atoms with E-state index in [2.05, 4.69) is 18.8 Å². The standard InChI is InChI=1S/C16H20N2OS/c1-12-5-6-14(4-3-7-17)15(10-12)16(19)18-8-9-20-13(2)11-18/h5-6,10,13H,7-9,11,17H2,1-2H3. The third-order valence-electron chi connectivity index (χ3n) is 3.26. The first-order valence-corrected chi connectivity index (χ1v) is 7.87. The molecule has 20 heavy (non-hydrogen) atoms. The van der Waals surface area contributed by atoms with Gasteiger partial charge in [0, 0.05) is 29.7 Å². The maximum absolute atomic E-state index is 12.7. The summed E-state index contributed by atoms with van der Waals surface area (Å²) in [5, 5.41) is 0.496. The minimum Gasteiger partial charge on any atom is -0.337 e. The van der Waals surface area contributed by atoms with E-state index < -0.39 is 0 Å². The van der Waals surface area contributed by atoms with Gasteiger partial charge in [0.25, 0.3) is 5.91 Å². The Labute approximate surface area is 124 Å². The molecule has 1 aliphatic heterocycles. The van der Waals surface area contributed by atoms with Gasteiger partial charge in [0.1, 0.15) is 0 Å². The van der Waals surface area contributed by atoms with E-state index in [9.17, 15) is 4.79 Å². The summed E-state index contributed by atoms with van der Waals surface area (Å²) in [7, 11) is 0. The fourth-order valence-electron chi connectivity index (χ4n) is 2.26. The van der Waals surface area contributed by atoms with Crippen LogP contribution in [-0.2, 0) is 0 Å². The van der Waals surface area contributed by atoms with Crippen molar-refractivity contribution in [3.63, 3.8) is 0 Å². The number of hydrogen-bond donors (Lipinski definition) is 1. The highest BCUT2D eigenvalue weighted by Crippen LogP contribution is 2.21. The Morgan fingerprint density at radius 2 is 2.35 bits per heavy atom. The van der Waals surface area contributed by atoms with Crippen LogP contribution in [0.3, 0.4) is 0 Å². The Hall–Kier alpha value is -1.44. The van der Waals surface area contributed by atoms with Crippen LogP contribution in [-0.4, -0.2) is 41.4 Å². The fourth-order valence-corrected chi connectivity index (χ4v) is 3.28. The lowest BCUT2D eigenvalue weighted by atomic mass is 10.0. The molecule has 1 heterocycles. The van der Waals surface area contributed by atoms with Crippen molar-refractivity contribution >= 4 is 17.7 Å². The Kier molecular flexibility index (Phi) is 5.11. The van der Waals surface area contributed by atoms with Crippen LogP contribution in [0.4, 0.5) is 0 Å². The van der Waals surface area contributed by atoms with Gasteiger partial charge in [-0.05, 0) is 19.1 Å². The van der Waals surface area contributed by atoms with Crippen LogP contribution in [0.25, 0.3) is 0 Å². The number of carbonyl (C=O) groups excluding carboxylic acids is 1. The summed E-state index contributed by atoms with van der Waals surface area (Å²) in [5.41, 5.74) is 7.97. The molecule has 0 saturated carbocycles. The van der Waals surface area contributed by atoms with Crippen molar-refractivity contribution in [1.82, 2.24) is 4.90 Å². The minimum absolute atomic E-state index is 0.0853. The normalized spacial score (nSPS) is 18.4. The highest BCUT2D eigenvalue weighted by Gasteiger charge is 2.23. The quantitative estimate of drug-likeness (QED) is 0.803. The molecule has 1 atom stereocenters. The van der Waals surface area contributed by atoms with E-state index in [1.54, 1.807) is 0 Å². The van der Waals surface area contributed by atoms with Gasteiger partial charge >= 0.3 is 0 Å². The molecule has 0 aromatic heterocycles. The topological polar surface area (TPSA) is 46.3 Å². The summed E-state index contributed by atoms with van der Waals surface area (Å²) >= 11 is 1.92. The smallest absolute Gasteiger partial charge is 0.255 e. The van der Waals surface area contributed by atoms with Crippen LogP contribution >= 0.6 is 11.8 Å². The highest BCUT2D eigenvalue weighted by atomic mass is 32.2. The summed E-state index contributed by atoms with van der Waals surface area (Å²) in [6.07, 6.45) is 0. The van der Waals surface area contributed by atoms with Crippen molar-refractivity contribution in [3.8, 4) is 11.8 Å². The van der Waals surface area contributed by atoms with E-state index in [1.807, 2.05) is 41.8 Å². The van der Waals surface area contributed by atoms with Gasteiger partial charge in [-0.3, -0.25) is 4.79 Å². The lowest BCUT2D eigenvalue weighted by Crippen LogP contribution is -2.41. The van der Waals surface area contributed by atoms with E-state index in [0.717, 1.165) is 30.0 Å². The molecule has 1 amide bonds. The molecule has 1 aliphatic rings. The summed E-state index contributed by atoms with van der Waals surface area (Å²) < 4.78 is 0. The van der Waals surface area contributed by atoms with Crippen LogP contribution < -0.4 is 5.73 Å². The Balaban J connectivity index is 2.30. The molecule has 1 aromatic carbocycles. The average Bonchev–Trinajstić information content (AvgIpc) is 2.45. The van der Waals surface area contributed by atoms with Crippen molar-refractivity contribution < 1.29 is 4.79 Å². The second-order valence-electron chi connectivity index (χ2n) is 4.99. The number of nitrogens with zero attached hydrogens (tertiary/aromatic N) is 1. The first-order chi connectivity index (χ1) is 9.61. The maximum atomic E-state index is 12.7. The van der Waals surface area contributed by atoms with E-state index in [1.165, 1.54) is 0 Å². The van der Waals surface area contributed by atoms with Gasteiger partial charge in [0.15, 0.2) is 0 Å². The van der Waals surface area contributed by atoms with Crippen molar-refractivity contribution in [2.45, 2.75) is 19.1 Å². The second kappa shape index (κ2) is 6.83. The molecule has 0 bridgehead atoms. The molecule has 2 N–H and O–H groups in total. The summed E-state index contributed by atoms with van der Waals surface area (Å²) in [4.78, 5) is 14.6. The summed E-state index contributed by atoms with van der Waals surface area (Å²) in [6.45, 7) is 6.08.